The molecule has 4 nitrogen and oxygen atoms in total. The van der Waals surface area contributed by atoms with Crippen molar-refractivity contribution in [3.63, 3.8) is 0 Å². The molecule has 0 saturated carbocycles. The Kier molecular flexibility index (Phi) is 14.9. The number of carboxylic acids is 2. The third-order valence-corrected chi connectivity index (χ3v) is 1.16. The van der Waals surface area contributed by atoms with Crippen LogP contribution in [-0.4, -0.2) is 16.8 Å². The minimum absolute atomic E-state index is 0. The number of halogens is 1. The van der Waals surface area contributed by atoms with E-state index in [0.717, 1.165) is 0 Å². The zero-order valence-corrected chi connectivity index (χ0v) is 11.2. The van der Waals surface area contributed by atoms with Crippen LogP contribution in [0.5, 0.6) is 0 Å². The molecule has 7 heteroatoms. The maximum atomic E-state index is 9.56. The predicted octanol–water partition coefficient (Wildman–Crippen LogP) is -8.74. The smallest absolute Gasteiger partial charge is 0.549 e. The van der Waals surface area contributed by atoms with E-state index in [9.17, 15) is 19.8 Å². The molecule has 0 spiro atoms. The average molecular weight is 227 g/mol. The van der Waals surface area contributed by atoms with Crippen LogP contribution in [0.3, 0.4) is 0 Å². The van der Waals surface area contributed by atoms with Gasteiger partial charge in [0.15, 0.2) is 0 Å². The molecule has 0 aromatic rings. The molecule has 0 atom stereocenters. The van der Waals surface area contributed by atoms with Gasteiger partial charge in [-0.3, -0.25) is 0 Å². The molecular formula is C3HBrNa2O4. The summed E-state index contributed by atoms with van der Waals surface area (Å²) in [7, 11) is 0. The molecule has 0 aliphatic heterocycles. The van der Waals surface area contributed by atoms with Gasteiger partial charge in [-0.1, -0.05) is 15.9 Å². The fourth-order valence-corrected chi connectivity index (χ4v) is 0.0962. The van der Waals surface area contributed by atoms with Gasteiger partial charge in [0.2, 0.25) is 0 Å². The predicted molar refractivity (Wildman–Crippen MR) is 22.7 cm³/mol. The summed E-state index contributed by atoms with van der Waals surface area (Å²) in [5.74, 6) is -3.41. The van der Waals surface area contributed by atoms with Crippen LogP contribution in [-0.2, 0) is 9.59 Å². The molecule has 0 unspecified atom stereocenters. The van der Waals surface area contributed by atoms with Gasteiger partial charge in [0.1, 0.15) is 0 Å². The first-order valence-electron chi connectivity index (χ1n) is 1.61. The standard InChI is InChI=1S/C3H3BrO4.2Na/c4-1(2(5)6)3(7)8;;/h1H,(H,5,6)(H,7,8);;/q;2*+1/p-2. The number of alkyl halides is 1. The normalized spacial score (nSPS) is 7.40. The fraction of sp³-hybridized carbons (Fsp3) is 0.333. The van der Waals surface area contributed by atoms with E-state index in [4.69, 9.17) is 0 Å². The van der Waals surface area contributed by atoms with E-state index in [1.165, 1.54) is 0 Å². The largest absolute Gasteiger partial charge is 1.00 e. The van der Waals surface area contributed by atoms with E-state index in [-0.39, 0.29) is 59.1 Å². The first kappa shape index (κ1) is 17.5. The third kappa shape index (κ3) is 7.53. The van der Waals surface area contributed by atoms with Gasteiger partial charge < -0.3 is 19.8 Å². The molecule has 0 rings (SSSR count). The molecule has 46 valence electrons. The SMILES string of the molecule is O=C([O-])C(Br)C(=O)[O-].[Na+].[Na+]. The summed E-state index contributed by atoms with van der Waals surface area (Å²) in [5, 5.41) is 19.1. The Labute approximate surface area is 110 Å². The number of rotatable bonds is 2. The Bertz CT molecular complexity index is 114. The van der Waals surface area contributed by atoms with Gasteiger partial charge in [0, 0.05) is 0 Å². The monoisotopic (exact) mass is 226 g/mol. The Balaban J connectivity index is -0.000000245. The molecule has 0 aliphatic carbocycles. The van der Waals surface area contributed by atoms with Crippen LogP contribution in [0.15, 0.2) is 0 Å². The fourth-order valence-electron chi connectivity index (χ4n) is 0.0962. The molecule has 0 fully saturated rings. The van der Waals surface area contributed by atoms with E-state index >= 15 is 0 Å². The second-order valence-corrected chi connectivity index (χ2v) is 1.92. The average Bonchev–Trinajstić information content (AvgIpc) is 1.64. The Morgan fingerprint density at radius 2 is 1.30 bits per heavy atom. The van der Waals surface area contributed by atoms with Crippen molar-refractivity contribution < 1.29 is 78.9 Å². The Morgan fingerprint density at radius 1 is 1.10 bits per heavy atom. The van der Waals surface area contributed by atoms with Gasteiger partial charge in [-0.2, -0.15) is 0 Å². The van der Waals surface area contributed by atoms with Crippen molar-refractivity contribution in [1.29, 1.82) is 0 Å². The molecule has 0 saturated heterocycles. The number of carboxylic acid groups (broad SMARTS) is 2. The quantitative estimate of drug-likeness (QED) is 0.266. The third-order valence-electron chi connectivity index (χ3n) is 0.414. The van der Waals surface area contributed by atoms with Crippen LogP contribution in [0, 0.1) is 0 Å². The van der Waals surface area contributed by atoms with Crippen molar-refractivity contribution in [2.75, 3.05) is 0 Å². The zero-order chi connectivity index (χ0) is 6.73. The number of hydrogen-bond donors (Lipinski definition) is 0. The molecule has 0 aromatic carbocycles. The van der Waals surface area contributed by atoms with E-state index < -0.39 is 16.8 Å². The summed E-state index contributed by atoms with van der Waals surface area (Å²) in [6.45, 7) is 0. The molecular weight excluding hydrogens is 226 g/mol. The minimum Gasteiger partial charge on any atom is -0.549 e. The van der Waals surface area contributed by atoms with E-state index in [2.05, 4.69) is 15.9 Å². The zero-order valence-electron chi connectivity index (χ0n) is 5.59. The summed E-state index contributed by atoms with van der Waals surface area (Å²) in [6, 6.07) is 0. The summed E-state index contributed by atoms with van der Waals surface area (Å²) in [5.41, 5.74) is 0. The van der Waals surface area contributed by atoms with Gasteiger partial charge in [-0.25, -0.2) is 0 Å². The second-order valence-electron chi connectivity index (χ2n) is 1.00. The van der Waals surface area contributed by atoms with Crippen LogP contribution in [0.2, 0.25) is 0 Å². The van der Waals surface area contributed by atoms with Crippen molar-refractivity contribution >= 4 is 27.9 Å². The minimum atomic E-state index is -1.71. The summed E-state index contributed by atoms with van der Waals surface area (Å²) < 4.78 is 0. The van der Waals surface area contributed by atoms with Crippen molar-refractivity contribution in [1.82, 2.24) is 0 Å². The van der Waals surface area contributed by atoms with Gasteiger partial charge in [-0.05, 0) is 0 Å². The Hall–Kier alpha value is 1.42. The van der Waals surface area contributed by atoms with Crippen molar-refractivity contribution in [3.8, 4) is 0 Å². The van der Waals surface area contributed by atoms with Gasteiger partial charge in [0.25, 0.3) is 0 Å². The molecule has 0 bridgehead atoms. The first-order valence-corrected chi connectivity index (χ1v) is 2.53. The molecule has 0 aromatic heterocycles. The molecule has 0 amide bonds. The molecule has 0 radical (unpaired) electrons. The molecule has 0 heterocycles. The van der Waals surface area contributed by atoms with Gasteiger partial charge in [-0.15, -0.1) is 0 Å². The van der Waals surface area contributed by atoms with E-state index in [0.29, 0.717) is 0 Å². The second kappa shape index (κ2) is 8.52. The van der Waals surface area contributed by atoms with Gasteiger partial charge >= 0.3 is 59.1 Å². The maximum absolute atomic E-state index is 9.56. The van der Waals surface area contributed by atoms with Crippen LogP contribution < -0.4 is 69.3 Å². The number of carbonyl (C=O) groups excluding carboxylic acids is 2. The number of carbonyl (C=O) groups is 2. The van der Waals surface area contributed by atoms with Crippen molar-refractivity contribution in [3.05, 3.63) is 0 Å². The summed E-state index contributed by atoms with van der Waals surface area (Å²) >= 11 is 2.28. The van der Waals surface area contributed by atoms with E-state index in [1.54, 1.807) is 0 Å². The van der Waals surface area contributed by atoms with Crippen LogP contribution in [0.1, 0.15) is 0 Å². The van der Waals surface area contributed by atoms with E-state index in [1.807, 2.05) is 0 Å². The van der Waals surface area contributed by atoms with Crippen molar-refractivity contribution in [2.24, 2.45) is 0 Å². The maximum Gasteiger partial charge on any atom is 1.00 e. The molecule has 0 N–H and O–H groups in total. The van der Waals surface area contributed by atoms with Gasteiger partial charge in [0.05, 0.1) is 16.8 Å². The topological polar surface area (TPSA) is 80.3 Å². The van der Waals surface area contributed by atoms with Crippen molar-refractivity contribution in [2.45, 2.75) is 4.83 Å². The number of aliphatic carboxylic acids is 2. The van der Waals surface area contributed by atoms with Crippen LogP contribution >= 0.6 is 15.9 Å². The summed E-state index contributed by atoms with van der Waals surface area (Å²) in [4.78, 5) is 17.4. The molecule has 10 heavy (non-hydrogen) atoms. The Morgan fingerprint density at radius 3 is 1.30 bits per heavy atom. The van der Waals surface area contributed by atoms with Crippen LogP contribution in [0.4, 0.5) is 0 Å². The first-order chi connectivity index (χ1) is 3.55. The van der Waals surface area contributed by atoms with Crippen LogP contribution in [0.25, 0.3) is 0 Å². The number of hydrogen-bond acceptors (Lipinski definition) is 4. The molecule has 0 aliphatic rings. The summed E-state index contributed by atoms with van der Waals surface area (Å²) in [6.07, 6.45) is 0.